The molecule has 0 saturated carbocycles. The van der Waals surface area contributed by atoms with Crippen molar-refractivity contribution in [1.82, 2.24) is 0 Å². The van der Waals surface area contributed by atoms with Crippen LogP contribution in [0.25, 0.3) is 0 Å². The maximum Gasteiger partial charge on any atom is 0.238 e. The van der Waals surface area contributed by atoms with E-state index in [2.05, 4.69) is 5.32 Å². The molecular formula is C11H19N3O3S. The fourth-order valence-corrected chi connectivity index (χ4v) is 2.10. The van der Waals surface area contributed by atoms with Gasteiger partial charge in [-0.05, 0) is 24.1 Å². The summed E-state index contributed by atoms with van der Waals surface area (Å²) in [4.78, 5) is -0.0505. The van der Waals surface area contributed by atoms with Crippen LogP contribution in [0.4, 0.5) is 11.4 Å². The van der Waals surface area contributed by atoms with Gasteiger partial charge in [0.05, 0.1) is 17.5 Å². The number of hydrogen-bond acceptors (Lipinski definition) is 5. The SMILES string of the molecule is CC(C)C(CO)Nc1cc(N)cc(S(N)(=O)=O)c1. The van der Waals surface area contributed by atoms with Crippen molar-refractivity contribution in [2.45, 2.75) is 24.8 Å². The third-order valence-electron chi connectivity index (χ3n) is 2.61. The van der Waals surface area contributed by atoms with Crippen molar-refractivity contribution < 1.29 is 13.5 Å². The molecule has 0 radical (unpaired) electrons. The summed E-state index contributed by atoms with van der Waals surface area (Å²) in [6, 6.07) is 4.11. The number of rotatable bonds is 5. The van der Waals surface area contributed by atoms with Crippen molar-refractivity contribution >= 4 is 21.4 Å². The normalized spacial score (nSPS) is 13.6. The first kappa shape index (κ1) is 14.7. The molecule has 0 spiro atoms. The molecule has 0 amide bonds. The lowest BCUT2D eigenvalue weighted by Crippen LogP contribution is -2.29. The van der Waals surface area contributed by atoms with Crippen molar-refractivity contribution in [2.24, 2.45) is 11.1 Å². The van der Waals surface area contributed by atoms with Gasteiger partial charge in [0.2, 0.25) is 10.0 Å². The number of aliphatic hydroxyl groups is 1. The zero-order valence-corrected chi connectivity index (χ0v) is 11.2. The molecule has 1 aromatic rings. The van der Waals surface area contributed by atoms with Crippen LogP contribution in [0.2, 0.25) is 0 Å². The number of aliphatic hydroxyl groups excluding tert-OH is 1. The minimum atomic E-state index is -3.79. The lowest BCUT2D eigenvalue weighted by atomic mass is 10.1. The lowest BCUT2D eigenvalue weighted by Gasteiger charge is -2.21. The Kier molecular flexibility index (Phi) is 4.55. The van der Waals surface area contributed by atoms with Gasteiger partial charge in [-0.3, -0.25) is 0 Å². The molecule has 1 aromatic carbocycles. The molecule has 0 aliphatic heterocycles. The molecule has 6 N–H and O–H groups in total. The van der Waals surface area contributed by atoms with Crippen molar-refractivity contribution in [3.63, 3.8) is 0 Å². The highest BCUT2D eigenvalue weighted by atomic mass is 32.2. The third-order valence-corrected chi connectivity index (χ3v) is 3.50. The predicted octanol–water partition coefficient (Wildman–Crippen LogP) is 0.345. The Morgan fingerprint density at radius 1 is 1.33 bits per heavy atom. The molecule has 0 saturated heterocycles. The van der Waals surface area contributed by atoms with E-state index in [9.17, 15) is 13.5 Å². The number of nitrogens with one attached hydrogen (secondary N) is 1. The molecular weight excluding hydrogens is 254 g/mol. The van der Waals surface area contributed by atoms with E-state index in [-0.39, 0.29) is 23.5 Å². The summed E-state index contributed by atoms with van der Waals surface area (Å²) in [7, 11) is -3.79. The number of sulfonamides is 1. The van der Waals surface area contributed by atoms with E-state index in [0.717, 1.165) is 0 Å². The minimum Gasteiger partial charge on any atom is -0.399 e. The Hall–Kier alpha value is -1.31. The zero-order valence-electron chi connectivity index (χ0n) is 10.4. The summed E-state index contributed by atoms with van der Waals surface area (Å²) in [5.41, 5.74) is 6.44. The number of primary sulfonamides is 1. The van der Waals surface area contributed by atoms with E-state index in [0.29, 0.717) is 11.4 Å². The van der Waals surface area contributed by atoms with E-state index < -0.39 is 10.0 Å². The Morgan fingerprint density at radius 2 is 1.94 bits per heavy atom. The maximum atomic E-state index is 11.3. The van der Waals surface area contributed by atoms with Crippen LogP contribution in [0.15, 0.2) is 23.1 Å². The summed E-state index contributed by atoms with van der Waals surface area (Å²) < 4.78 is 22.5. The number of anilines is 2. The van der Waals surface area contributed by atoms with Gasteiger partial charge in [-0.1, -0.05) is 13.8 Å². The average molecular weight is 273 g/mol. The Bertz CT molecular complexity index is 514. The first-order valence-electron chi connectivity index (χ1n) is 5.55. The Morgan fingerprint density at radius 3 is 2.39 bits per heavy atom. The third kappa shape index (κ3) is 3.86. The molecule has 0 aliphatic carbocycles. The van der Waals surface area contributed by atoms with E-state index in [1.807, 2.05) is 13.8 Å². The van der Waals surface area contributed by atoms with Gasteiger partial charge in [0, 0.05) is 11.4 Å². The standard InChI is InChI=1S/C11H19N3O3S/c1-7(2)11(6-15)14-9-3-8(12)4-10(5-9)18(13,16)17/h3-5,7,11,14-15H,6,12H2,1-2H3,(H2,13,16,17). The van der Waals surface area contributed by atoms with Crippen LogP contribution in [-0.2, 0) is 10.0 Å². The molecule has 0 fully saturated rings. The molecule has 1 atom stereocenters. The molecule has 7 heteroatoms. The van der Waals surface area contributed by atoms with Crippen LogP contribution in [0.3, 0.4) is 0 Å². The molecule has 102 valence electrons. The summed E-state index contributed by atoms with van der Waals surface area (Å²) in [6.45, 7) is 3.83. The second-order valence-corrected chi connectivity index (χ2v) is 6.07. The van der Waals surface area contributed by atoms with Crippen molar-refractivity contribution in [3.05, 3.63) is 18.2 Å². The van der Waals surface area contributed by atoms with Gasteiger partial charge < -0.3 is 16.2 Å². The van der Waals surface area contributed by atoms with E-state index in [1.54, 1.807) is 6.07 Å². The molecule has 6 nitrogen and oxygen atoms in total. The number of nitrogen functional groups attached to an aromatic ring is 1. The van der Waals surface area contributed by atoms with Gasteiger partial charge >= 0.3 is 0 Å². The highest BCUT2D eigenvalue weighted by Gasteiger charge is 2.14. The van der Waals surface area contributed by atoms with Gasteiger partial charge in [0.1, 0.15) is 0 Å². The number of benzene rings is 1. The number of nitrogens with two attached hydrogens (primary N) is 2. The average Bonchev–Trinajstić information content (AvgIpc) is 2.23. The minimum absolute atomic E-state index is 0.0505. The van der Waals surface area contributed by atoms with Gasteiger partial charge in [0.25, 0.3) is 0 Å². The van der Waals surface area contributed by atoms with E-state index in [1.165, 1.54) is 12.1 Å². The quantitative estimate of drug-likeness (QED) is 0.577. The first-order chi connectivity index (χ1) is 8.24. The summed E-state index contributed by atoms with van der Waals surface area (Å²) in [5.74, 6) is 0.189. The Labute approximate surface area is 107 Å². The monoisotopic (exact) mass is 273 g/mol. The number of hydrogen-bond donors (Lipinski definition) is 4. The molecule has 1 rings (SSSR count). The molecule has 0 heterocycles. The molecule has 0 bridgehead atoms. The Balaban J connectivity index is 3.07. The van der Waals surface area contributed by atoms with Crippen molar-refractivity contribution in [3.8, 4) is 0 Å². The van der Waals surface area contributed by atoms with E-state index >= 15 is 0 Å². The first-order valence-corrected chi connectivity index (χ1v) is 7.09. The van der Waals surface area contributed by atoms with Crippen LogP contribution in [0.1, 0.15) is 13.8 Å². The van der Waals surface area contributed by atoms with Gasteiger partial charge in [-0.15, -0.1) is 0 Å². The zero-order chi connectivity index (χ0) is 13.9. The molecule has 0 aliphatic rings. The maximum absolute atomic E-state index is 11.3. The predicted molar refractivity (Wildman–Crippen MR) is 71.6 cm³/mol. The fraction of sp³-hybridized carbons (Fsp3) is 0.455. The van der Waals surface area contributed by atoms with Crippen LogP contribution in [0.5, 0.6) is 0 Å². The molecule has 0 aromatic heterocycles. The smallest absolute Gasteiger partial charge is 0.238 e. The summed E-state index contributed by atoms with van der Waals surface area (Å²) >= 11 is 0. The fourth-order valence-electron chi connectivity index (χ4n) is 1.51. The molecule has 18 heavy (non-hydrogen) atoms. The van der Waals surface area contributed by atoms with Gasteiger partial charge in [-0.25, -0.2) is 13.6 Å². The second kappa shape index (κ2) is 5.55. The second-order valence-electron chi connectivity index (χ2n) is 4.51. The van der Waals surface area contributed by atoms with Crippen LogP contribution < -0.4 is 16.2 Å². The largest absolute Gasteiger partial charge is 0.399 e. The van der Waals surface area contributed by atoms with Gasteiger partial charge in [0.15, 0.2) is 0 Å². The molecule has 1 unspecified atom stereocenters. The topological polar surface area (TPSA) is 118 Å². The highest BCUT2D eigenvalue weighted by Crippen LogP contribution is 2.21. The van der Waals surface area contributed by atoms with Crippen molar-refractivity contribution in [2.75, 3.05) is 17.7 Å². The van der Waals surface area contributed by atoms with Crippen LogP contribution >= 0.6 is 0 Å². The lowest BCUT2D eigenvalue weighted by molar-refractivity contribution is 0.249. The summed E-state index contributed by atoms with van der Waals surface area (Å²) in [5, 5.41) is 17.3. The van der Waals surface area contributed by atoms with E-state index in [4.69, 9.17) is 10.9 Å². The van der Waals surface area contributed by atoms with Crippen molar-refractivity contribution in [1.29, 1.82) is 0 Å². The van der Waals surface area contributed by atoms with Crippen LogP contribution in [0, 0.1) is 5.92 Å². The highest BCUT2D eigenvalue weighted by molar-refractivity contribution is 7.89. The van der Waals surface area contributed by atoms with Crippen LogP contribution in [-0.4, -0.2) is 26.2 Å². The summed E-state index contributed by atoms with van der Waals surface area (Å²) in [6.07, 6.45) is 0. The van der Waals surface area contributed by atoms with Gasteiger partial charge in [-0.2, -0.15) is 0 Å².